The van der Waals surface area contributed by atoms with Gasteiger partial charge in [-0.3, -0.25) is 4.79 Å². The number of carbonyl (C=O) groups excluding carboxylic acids is 1. The molecule has 5 nitrogen and oxygen atoms in total. The van der Waals surface area contributed by atoms with Crippen LogP contribution in [0, 0.1) is 0 Å². The molecular formula is C16H20N4OS. The second-order valence-electron chi connectivity index (χ2n) is 5.43. The van der Waals surface area contributed by atoms with Gasteiger partial charge in [-0.15, -0.1) is 5.10 Å². The molecule has 3 rings (SSSR count). The summed E-state index contributed by atoms with van der Waals surface area (Å²) in [4.78, 5) is 15.6. The van der Waals surface area contributed by atoms with Gasteiger partial charge in [0.25, 0.3) is 5.91 Å². The van der Waals surface area contributed by atoms with Gasteiger partial charge in [-0.25, -0.2) is 0 Å². The van der Waals surface area contributed by atoms with Crippen molar-refractivity contribution in [3.05, 3.63) is 46.5 Å². The zero-order valence-corrected chi connectivity index (χ0v) is 13.5. The largest absolute Gasteiger partial charge is 0.328 e. The van der Waals surface area contributed by atoms with E-state index in [1.165, 1.54) is 11.5 Å². The lowest BCUT2D eigenvalue weighted by atomic mass is 10.0. The van der Waals surface area contributed by atoms with Gasteiger partial charge in [0.15, 0.2) is 0 Å². The van der Waals surface area contributed by atoms with Crippen LogP contribution in [0.1, 0.15) is 40.3 Å². The fourth-order valence-electron chi connectivity index (χ4n) is 2.82. The molecule has 1 amide bonds. The van der Waals surface area contributed by atoms with Gasteiger partial charge in [0, 0.05) is 19.6 Å². The number of hydrogen-bond donors (Lipinski definition) is 1. The van der Waals surface area contributed by atoms with Gasteiger partial charge >= 0.3 is 0 Å². The quantitative estimate of drug-likeness (QED) is 0.940. The Morgan fingerprint density at radius 3 is 3.00 bits per heavy atom. The number of piperazine rings is 1. The summed E-state index contributed by atoms with van der Waals surface area (Å²) < 4.78 is 3.98. The third-order valence-corrected chi connectivity index (χ3v) is 4.68. The van der Waals surface area contributed by atoms with Crippen LogP contribution in [-0.2, 0) is 6.42 Å². The van der Waals surface area contributed by atoms with Crippen LogP contribution in [0.15, 0.2) is 30.3 Å². The van der Waals surface area contributed by atoms with Crippen LogP contribution >= 0.6 is 11.5 Å². The molecule has 0 unspecified atom stereocenters. The third kappa shape index (κ3) is 3.03. The summed E-state index contributed by atoms with van der Waals surface area (Å²) in [5, 5.41) is 7.51. The average molecular weight is 316 g/mol. The van der Waals surface area contributed by atoms with Crippen LogP contribution in [0.25, 0.3) is 0 Å². The van der Waals surface area contributed by atoms with Crippen molar-refractivity contribution in [2.24, 2.45) is 0 Å². The fourth-order valence-corrected chi connectivity index (χ4v) is 3.49. The summed E-state index contributed by atoms with van der Waals surface area (Å²) in [6, 6.07) is 10.3. The first-order valence-corrected chi connectivity index (χ1v) is 8.46. The molecule has 22 heavy (non-hydrogen) atoms. The zero-order chi connectivity index (χ0) is 15.4. The maximum Gasteiger partial charge on any atom is 0.268 e. The van der Waals surface area contributed by atoms with Crippen molar-refractivity contribution in [1.29, 1.82) is 0 Å². The van der Waals surface area contributed by atoms with E-state index in [1.807, 2.05) is 23.1 Å². The number of rotatable bonds is 4. The molecule has 0 bridgehead atoms. The Hall–Kier alpha value is -1.79. The number of nitrogens with one attached hydrogen (secondary N) is 1. The lowest BCUT2D eigenvalue weighted by Gasteiger charge is -2.36. The topological polar surface area (TPSA) is 58.1 Å². The molecule has 1 aromatic carbocycles. The summed E-state index contributed by atoms with van der Waals surface area (Å²) in [6.07, 6.45) is 1.77. The molecule has 1 fully saturated rings. The molecule has 1 aliphatic heterocycles. The molecule has 1 aliphatic rings. The SMILES string of the molecule is CCCc1nnsc1C(=O)N1CCNC[C@@H]1c1ccccc1. The Kier molecular flexibility index (Phi) is 4.80. The van der Waals surface area contributed by atoms with E-state index in [0.717, 1.165) is 37.2 Å². The summed E-state index contributed by atoms with van der Waals surface area (Å²) in [7, 11) is 0. The van der Waals surface area contributed by atoms with Crippen LogP contribution in [-0.4, -0.2) is 40.0 Å². The zero-order valence-electron chi connectivity index (χ0n) is 12.7. The third-order valence-electron chi connectivity index (χ3n) is 3.93. The first kappa shape index (κ1) is 15.1. The minimum atomic E-state index is 0.0637. The summed E-state index contributed by atoms with van der Waals surface area (Å²) in [5.41, 5.74) is 2.00. The number of benzene rings is 1. The summed E-state index contributed by atoms with van der Waals surface area (Å²) >= 11 is 1.22. The molecule has 116 valence electrons. The molecule has 0 spiro atoms. The normalized spacial score (nSPS) is 18.4. The second-order valence-corrected chi connectivity index (χ2v) is 6.18. The van der Waals surface area contributed by atoms with Gasteiger partial charge in [0.1, 0.15) is 4.88 Å². The Morgan fingerprint density at radius 1 is 1.41 bits per heavy atom. The standard InChI is InChI=1S/C16H20N4OS/c1-2-6-13-15(22-19-18-13)16(21)20-10-9-17-11-14(20)12-7-4-3-5-8-12/h3-5,7-8,14,17H,2,6,9-11H2,1H3/t14-/m1/s1. The first-order valence-electron chi connectivity index (χ1n) is 7.69. The first-order chi connectivity index (χ1) is 10.8. The van der Waals surface area contributed by atoms with E-state index in [-0.39, 0.29) is 11.9 Å². The lowest BCUT2D eigenvalue weighted by molar-refractivity contribution is 0.0638. The average Bonchev–Trinajstić information content (AvgIpc) is 3.04. The van der Waals surface area contributed by atoms with E-state index >= 15 is 0 Å². The van der Waals surface area contributed by atoms with Crippen LogP contribution in [0.2, 0.25) is 0 Å². The Balaban J connectivity index is 1.87. The number of aryl methyl sites for hydroxylation is 1. The highest BCUT2D eigenvalue weighted by Crippen LogP contribution is 2.26. The van der Waals surface area contributed by atoms with Gasteiger partial charge in [0.05, 0.1) is 11.7 Å². The second kappa shape index (κ2) is 6.98. The predicted octanol–water partition coefficient (Wildman–Crippen LogP) is 2.28. The van der Waals surface area contributed by atoms with Crippen LogP contribution in [0.3, 0.4) is 0 Å². The van der Waals surface area contributed by atoms with Crippen molar-refractivity contribution in [1.82, 2.24) is 19.8 Å². The van der Waals surface area contributed by atoms with Crippen molar-refractivity contribution < 1.29 is 4.79 Å². The van der Waals surface area contributed by atoms with Crippen molar-refractivity contribution in [3.8, 4) is 0 Å². The Labute approximate surface area is 134 Å². The van der Waals surface area contributed by atoms with Crippen LogP contribution in [0.4, 0.5) is 0 Å². The van der Waals surface area contributed by atoms with Gasteiger partial charge in [-0.2, -0.15) is 0 Å². The minimum absolute atomic E-state index is 0.0637. The van der Waals surface area contributed by atoms with E-state index in [9.17, 15) is 4.79 Å². The van der Waals surface area contributed by atoms with E-state index in [4.69, 9.17) is 0 Å². The number of nitrogens with zero attached hydrogens (tertiary/aromatic N) is 3. The van der Waals surface area contributed by atoms with Crippen molar-refractivity contribution in [3.63, 3.8) is 0 Å². The number of aromatic nitrogens is 2. The Bertz CT molecular complexity index is 628. The van der Waals surface area contributed by atoms with Gasteiger partial charge in [0.2, 0.25) is 0 Å². The van der Waals surface area contributed by atoms with Crippen molar-refractivity contribution in [2.45, 2.75) is 25.8 Å². The molecule has 1 aromatic heterocycles. The molecule has 1 atom stereocenters. The van der Waals surface area contributed by atoms with E-state index in [1.54, 1.807) is 0 Å². The molecule has 1 saturated heterocycles. The molecule has 2 heterocycles. The molecular weight excluding hydrogens is 296 g/mol. The van der Waals surface area contributed by atoms with Crippen LogP contribution in [0.5, 0.6) is 0 Å². The maximum absolute atomic E-state index is 13.0. The summed E-state index contributed by atoms with van der Waals surface area (Å²) in [5.74, 6) is 0.0637. The predicted molar refractivity (Wildman–Crippen MR) is 87.0 cm³/mol. The smallest absolute Gasteiger partial charge is 0.268 e. The Morgan fingerprint density at radius 2 is 2.23 bits per heavy atom. The molecule has 0 saturated carbocycles. The fraction of sp³-hybridized carbons (Fsp3) is 0.438. The van der Waals surface area contributed by atoms with E-state index in [2.05, 4.69) is 34.0 Å². The minimum Gasteiger partial charge on any atom is -0.328 e. The highest BCUT2D eigenvalue weighted by molar-refractivity contribution is 7.08. The lowest BCUT2D eigenvalue weighted by Crippen LogP contribution is -2.48. The molecule has 1 N–H and O–H groups in total. The van der Waals surface area contributed by atoms with Crippen LogP contribution < -0.4 is 5.32 Å². The molecule has 2 aromatic rings. The van der Waals surface area contributed by atoms with Crippen molar-refractivity contribution in [2.75, 3.05) is 19.6 Å². The van der Waals surface area contributed by atoms with E-state index < -0.39 is 0 Å². The van der Waals surface area contributed by atoms with E-state index in [0.29, 0.717) is 11.4 Å². The number of carbonyl (C=O) groups is 1. The van der Waals surface area contributed by atoms with Gasteiger partial charge in [-0.1, -0.05) is 48.2 Å². The molecule has 0 radical (unpaired) electrons. The van der Waals surface area contributed by atoms with Gasteiger partial charge < -0.3 is 10.2 Å². The van der Waals surface area contributed by atoms with Gasteiger partial charge in [-0.05, 0) is 23.5 Å². The molecule has 6 heteroatoms. The summed E-state index contributed by atoms with van der Waals surface area (Å²) in [6.45, 7) is 4.41. The molecule has 0 aliphatic carbocycles. The number of amides is 1. The van der Waals surface area contributed by atoms with Crippen molar-refractivity contribution >= 4 is 17.4 Å². The maximum atomic E-state index is 13.0. The number of hydrogen-bond acceptors (Lipinski definition) is 5. The highest BCUT2D eigenvalue weighted by Gasteiger charge is 2.30. The monoisotopic (exact) mass is 316 g/mol. The highest BCUT2D eigenvalue weighted by atomic mass is 32.1.